The number of hydrogen-bond donors (Lipinski definition) is 2. The minimum Gasteiger partial charge on any atom is -0.358 e. The summed E-state index contributed by atoms with van der Waals surface area (Å²) in [6, 6.07) is 11.7. The molecule has 0 bridgehead atoms. The van der Waals surface area contributed by atoms with E-state index in [2.05, 4.69) is 15.2 Å². The minimum absolute atomic E-state index is 0.00787. The molecule has 1 aliphatic heterocycles. The van der Waals surface area contributed by atoms with Crippen molar-refractivity contribution in [1.82, 2.24) is 20.1 Å². The number of nitrogens with zero attached hydrogens (tertiary/aromatic N) is 2. The second-order valence-electron chi connectivity index (χ2n) is 6.93. The van der Waals surface area contributed by atoms with E-state index in [-0.39, 0.29) is 23.9 Å². The van der Waals surface area contributed by atoms with E-state index in [9.17, 15) is 9.59 Å². The molecule has 2 heterocycles. The van der Waals surface area contributed by atoms with Crippen LogP contribution in [0.25, 0.3) is 5.69 Å². The summed E-state index contributed by atoms with van der Waals surface area (Å²) in [6.45, 7) is 4.63. The molecule has 0 spiro atoms. The highest BCUT2D eigenvalue weighted by Gasteiger charge is 2.35. The zero-order valence-corrected chi connectivity index (χ0v) is 15.7. The Kier molecular flexibility index (Phi) is 5.13. The molecule has 1 saturated heterocycles. The standard InChI is InChI=1S/C20H26N4O2/c1-13-10-17(14(2)24(13)16-8-6-5-7-9-16)19(25)22-15-11-18(20(26)21-3)23(4)12-15/h5-10,15,18H,11-12H2,1-4H3,(H,21,26)(H,22,25)/t15-,18+/m1/s1. The van der Waals surface area contributed by atoms with Crippen LogP contribution in [0, 0.1) is 13.8 Å². The van der Waals surface area contributed by atoms with Gasteiger partial charge in [0.15, 0.2) is 0 Å². The third-order valence-electron chi connectivity index (χ3n) is 5.12. The van der Waals surface area contributed by atoms with Crippen molar-refractivity contribution < 1.29 is 9.59 Å². The number of aryl methyl sites for hydroxylation is 1. The fourth-order valence-electron chi connectivity index (χ4n) is 3.81. The molecule has 0 aliphatic carbocycles. The predicted molar refractivity (Wildman–Crippen MR) is 102 cm³/mol. The minimum atomic E-state index is -0.193. The van der Waals surface area contributed by atoms with Gasteiger partial charge in [-0.15, -0.1) is 0 Å². The number of likely N-dealkylation sites (tertiary alicyclic amines) is 1. The number of nitrogens with one attached hydrogen (secondary N) is 2. The second-order valence-corrected chi connectivity index (χ2v) is 6.93. The van der Waals surface area contributed by atoms with Gasteiger partial charge < -0.3 is 15.2 Å². The molecule has 1 aromatic carbocycles. The van der Waals surface area contributed by atoms with Gasteiger partial charge in [0.1, 0.15) is 0 Å². The van der Waals surface area contributed by atoms with Crippen molar-refractivity contribution in [3.8, 4) is 5.69 Å². The van der Waals surface area contributed by atoms with Gasteiger partial charge >= 0.3 is 0 Å². The highest BCUT2D eigenvalue weighted by molar-refractivity contribution is 5.96. The van der Waals surface area contributed by atoms with Crippen molar-refractivity contribution in [2.24, 2.45) is 0 Å². The summed E-state index contributed by atoms with van der Waals surface area (Å²) >= 11 is 0. The van der Waals surface area contributed by atoms with Crippen LogP contribution in [0.5, 0.6) is 0 Å². The van der Waals surface area contributed by atoms with Crippen LogP contribution < -0.4 is 10.6 Å². The lowest BCUT2D eigenvalue weighted by atomic mass is 10.1. The molecule has 2 aromatic rings. The third kappa shape index (κ3) is 3.37. The summed E-state index contributed by atoms with van der Waals surface area (Å²) in [6.07, 6.45) is 0.624. The number of likely N-dealkylation sites (N-methyl/N-ethyl adjacent to an activating group) is 2. The molecule has 0 radical (unpaired) electrons. The Bertz CT molecular complexity index is 813. The molecule has 1 aliphatic rings. The van der Waals surface area contributed by atoms with Gasteiger partial charge in [0.05, 0.1) is 11.6 Å². The monoisotopic (exact) mass is 354 g/mol. The van der Waals surface area contributed by atoms with E-state index < -0.39 is 0 Å². The van der Waals surface area contributed by atoms with Crippen LogP contribution in [-0.4, -0.2) is 54.0 Å². The van der Waals surface area contributed by atoms with E-state index in [1.54, 1.807) is 7.05 Å². The van der Waals surface area contributed by atoms with Crippen molar-refractivity contribution in [1.29, 1.82) is 0 Å². The molecule has 0 unspecified atom stereocenters. The Morgan fingerprint density at radius 2 is 1.85 bits per heavy atom. The van der Waals surface area contributed by atoms with Gasteiger partial charge in [-0.3, -0.25) is 14.5 Å². The summed E-state index contributed by atoms with van der Waals surface area (Å²) in [5, 5.41) is 5.78. The van der Waals surface area contributed by atoms with Crippen LogP contribution >= 0.6 is 0 Å². The first kappa shape index (κ1) is 18.2. The number of rotatable bonds is 4. The van der Waals surface area contributed by atoms with Crippen LogP contribution in [0.2, 0.25) is 0 Å². The van der Waals surface area contributed by atoms with E-state index in [1.807, 2.05) is 62.2 Å². The van der Waals surface area contributed by atoms with Crippen molar-refractivity contribution in [2.75, 3.05) is 20.6 Å². The normalized spacial score (nSPS) is 20.2. The zero-order valence-electron chi connectivity index (χ0n) is 15.7. The molecule has 26 heavy (non-hydrogen) atoms. The van der Waals surface area contributed by atoms with E-state index >= 15 is 0 Å². The lowest BCUT2D eigenvalue weighted by molar-refractivity contribution is -0.124. The van der Waals surface area contributed by atoms with E-state index in [0.717, 1.165) is 17.1 Å². The van der Waals surface area contributed by atoms with Gasteiger partial charge in [0.2, 0.25) is 5.91 Å². The molecular formula is C20H26N4O2. The van der Waals surface area contributed by atoms with Crippen LogP contribution in [0.1, 0.15) is 28.2 Å². The molecule has 1 fully saturated rings. The molecule has 138 valence electrons. The lowest BCUT2D eigenvalue weighted by Gasteiger charge is -2.16. The second kappa shape index (κ2) is 7.33. The third-order valence-corrected chi connectivity index (χ3v) is 5.12. The van der Waals surface area contributed by atoms with Gasteiger partial charge in [-0.05, 0) is 45.5 Å². The Labute approximate surface area is 154 Å². The van der Waals surface area contributed by atoms with Crippen LogP contribution in [0.15, 0.2) is 36.4 Å². The maximum Gasteiger partial charge on any atom is 0.253 e. The Hall–Kier alpha value is -2.60. The first-order valence-corrected chi connectivity index (χ1v) is 8.89. The maximum absolute atomic E-state index is 12.8. The van der Waals surface area contributed by atoms with Crippen molar-refractivity contribution in [3.63, 3.8) is 0 Å². The predicted octanol–water partition coefficient (Wildman–Crippen LogP) is 1.64. The average Bonchev–Trinajstić information content (AvgIpc) is 3.14. The van der Waals surface area contributed by atoms with Crippen LogP contribution in [0.3, 0.4) is 0 Å². The summed E-state index contributed by atoms with van der Waals surface area (Å²) < 4.78 is 2.09. The smallest absolute Gasteiger partial charge is 0.253 e. The number of amides is 2. The fraction of sp³-hybridized carbons (Fsp3) is 0.400. The van der Waals surface area contributed by atoms with Crippen LogP contribution in [0.4, 0.5) is 0 Å². The first-order chi connectivity index (χ1) is 12.4. The molecule has 2 N–H and O–H groups in total. The number of para-hydroxylation sites is 1. The van der Waals surface area contributed by atoms with Gasteiger partial charge in [0.25, 0.3) is 5.91 Å². The highest BCUT2D eigenvalue weighted by Crippen LogP contribution is 2.22. The quantitative estimate of drug-likeness (QED) is 0.877. The lowest BCUT2D eigenvalue weighted by Crippen LogP contribution is -2.39. The van der Waals surface area contributed by atoms with Crippen molar-refractivity contribution in [2.45, 2.75) is 32.4 Å². The Morgan fingerprint density at radius 1 is 1.15 bits per heavy atom. The molecule has 1 aromatic heterocycles. The van der Waals surface area contributed by atoms with Crippen molar-refractivity contribution in [3.05, 3.63) is 53.3 Å². The molecule has 2 atom stereocenters. The van der Waals surface area contributed by atoms with Gasteiger partial charge in [-0.25, -0.2) is 0 Å². The Morgan fingerprint density at radius 3 is 2.50 bits per heavy atom. The number of hydrogen-bond acceptors (Lipinski definition) is 3. The fourth-order valence-corrected chi connectivity index (χ4v) is 3.81. The number of benzene rings is 1. The molecule has 3 rings (SSSR count). The van der Waals surface area contributed by atoms with Gasteiger partial charge in [-0.1, -0.05) is 18.2 Å². The molecule has 6 nitrogen and oxygen atoms in total. The zero-order chi connectivity index (χ0) is 18.8. The SMILES string of the molecule is CNC(=O)[C@@H]1C[C@@H](NC(=O)c2cc(C)n(-c3ccccc3)c2C)CN1C. The van der Waals surface area contributed by atoms with Crippen LogP contribution in [-0.2, 0) is 4.79 Å². The van der Waals surface area contributed by atoms with E-state index in [1.165, 1.54) is 0 Å². The first-order valence-electron chi connectivity index (χ1n) is 8.89. The van der Waals surface area contributed by atoms with E-state index in [0.29, 0.717) is 18.5 Å². The molecule has 0 saturated carbocycles. The topological polar surface area (TPSA) is 66.4 Å². The molecule has 2 amide bonds. The summed E-state index contributed by atoms with van der Waals surface area (Å²) in [5.74, 6) is -0.0947. The maximum atomic E-state index is 12.8. The number of carbonyl (C=O) groups excluding carboxylic acids is 2. The van der Waals surface area contributed by atoms with Gasteiger partial charge in [-0.2, -0.15) is 0 Å². The molecule has 6 heteroatoms. The summed E-state index contributed by atoms with van der Waals surface area (Å²) in [5.41, 5.74) is 3.66. The number of carbonyl (C=O) groups is 2. The largest absolute Gasteiger partial charge is 0.358 e. The summed E-state index contributed by atoms with van der Waals surface area (Å²) in [7, 11) is 3.55. The van der Waals surface area contributed by atoms with Gasteiger partial charge in [0, 0.05) is 36.7 Å². The van der Waals surface area contributed by atoms with Crippen molar-refractivity contribution >= 4 is 11.8 Å². The van der Waals surface area contributed by atoms with E-state index in [4.69, 9.17) is 0 Å². The highest BCUT2D eigenvalue weighted by atomic mass is 16.2. The number of aromatic nitrogens is 1. The molecular weight excluding hydrogens is 328 g/mol. The average molecular weight is 354 g/mol. The summed E-state index contributed by atoms with van der Waals surface area (Å²) in [4.78, 5) is 26.7. The Balaban J connectivity index is 1.77.